The first-order chi connectivity index (χ1) is 29.9. The lowest BCUT2D eigenvalue weighted by molar-refractivity contribution is -0.145. The molecule has 63 heavy (non-hydrogen) atoms. The molecule has 13 heteroatoms. The molecular formula is C50H80N2O11. The SMILES string of the molecule is COC1CC(C[C@H](CCC(=O)[C@H](C)/C=C(\C)C(O)CC(=O)C(C)C[C@H](C)/C=C/C=C/C=C(\C)CCCCCC2OC2(O)C(C=O)=NCCO)C2CCN(C)C(C(=O)O)C2)CC[C@H]1O. The van der Waals surface area contributed by atoms with Gasteiger partial charge in [0, 0.05) is 31.8 Å². The number of Topliss-reactive ketones (excluding diaryl/α,β-unsaturated/α-hetero) is 2. The normalized spacial score (nSPS) is 28.8. The number of piperidine rings is 1. The molecule has 13 nitrogen and oxygen atoms in total. The number of epoxide rings is 1. The van der Waals surface area contributed by atoms with Crippen LogP contribution in [0.4, 0.5) is 0 Å². The minimum absolute atomic E-state index is 0.00968. The first kappa shape index (κ1) is 54.2. The summed E-state index contributed by atoms with van der Waals surface area (Å²) in [6.45, 7) is 10.2. The Morgan fingerprint density at radius 3 is 2.43 bits per heavy atom. The summed E-state index contributed by atoms with van der Waals surface area (Å²) in [6.07, 6.45) is 20.9. The largest absolute Gasteiger partial charge is 0.480 e. The number of hydrogen-bond donors (Lipinski definition) is 5. The van der Waals surface area contributed by atoms with Crippen molar-refractivity contribution in [3.05, 3.63) is 47.6 Å². The Kier molecular flexibility index (Phi) is 23.5. The molecule has 3 rings (SSSR count). The second-order valence-corrected chi connectivity index (χ2v) is 18.9. The van der Waals surface area contributed by atoms with Crippen LogP contribution in [0.3, 0.4) is 0 Å². The van der Waals surface area contributed by atoms with Gasteiger partial charge in [-0.05, 0) is 127 Å². The number of ether oxygens (including phenoxy) is 2. The van der Waals surface area contributed by atoms with Crippen LogP contribution in [0.1, 0.15) is 131 Å². The van der Waals surface area contributed by atoms with Crippen LogP contribution in [-0.4, -0.2) is 130 Å². The number of unbranched alkanes of at least 4 members (excludes halogenated alkanes) is 2. The number of hydrogen-bond acceptors (Lipinski definition) is 12. The highest BCUT2D eigenvalue weighted by Crippen LogP contribution is 2.40. The molecule has 0 aromatic carbocycles. The van der Waals surface area contributed by atoms with E-state index in [0.29, 0.717) is 62.8 Å². The van der Waals surface area contributed by atoms with E-state index in [1.807, 2.05) is 44.0 Å². The number of carboxylic acid groups (broad SMARTS) is 1. The van der Waals surface area contributed by atoms with Gasteiger partial charge in [-0.2, -0.15) is 0 Å². The Hall–Kier alpha value is -3.17. The topological polar surface area (TPSA) is 207 Å². The lowest BCUT2D eigenvalue weighted by atomic mass is 9.71. The van der Waals surface area contributed by atoms with Gasteiger partial charge in [0.15, 0.2) is 6.29 Å². The van der Waals surface area contributed by atoms with Crippen LogP contribution in [-0.2, 0) is 28.7 Å². The summed E-state index contributed by atoms with van der Waals surface area (Å²) in [5.74, 6) is -2.20. The van der Waals surface area contributed by atoms with Crippen molar-refractivity contribution in [3.63, 3.8) is 0 Å². The maximum Gasteiger partial charge on any atom is 0.320 e. The van der Waals surface area contributed by atoms with Crippen LogP contribution in [0.2, 0.25) is 0 Å². The van der Waals surface area contributed by atoms with Crippen molar-refractivity contribution in [2.45, 2.75) is 167 Å². The van der Waals surface area contributed by atoms with Gasteiger partial charge in [-0.3, -0.25) is 29.1 Å². The van der Waals surface area contributed by atoms with E-state index in [0.717, 1.165) is 51.4 Å². The quantitative estimate of drug-likeness (QED) is 0.0134. The first-order valence-corrected chi connectivity index (χ1v) is 23.5. The fraction of sp³-hybridized carbons (Fsp3) is 0.740. The molecule has 2 saturated heterocycles. The van der Waals surface area contributed by atoms with Crippen LogP contribution in [0, 0.1) is 35.5 Å². The van der Waals surface area contributed by atoms with Crippen molar-refractivity contribution in [2.75, 3.05) is 33.9 Å². The standard InChI is InChI=1S/C50H80N2O11/c1-33(15-11-9-13-17-48-50(61,63-48)47(32-54)51-23-25-53)14-10-8-12-16-34(2)26-35(3)44(57)31-45(58)37(5)27-36(4)42(55)21-19-39(28-38-18-20-43(56)46(29-38)62-7)40-22-24-52(6)41(30-40)49(59)60/h8,10,12,14,16,27,32,34-36,38-41,43,45-46,48,53,56,58,61H,9,11,13,15,17-26,28-31H2,1-7H3,(H,59,60)/b10-8+,16-12+,33-14+,37-27+,51-47?/t34-,35?,36-,38?,39+,40?,41?,43-,45?,46?,48?,50?/m1/s1. The summed E-state index contributed by atoms with van der Waals surface area (Å²) >= 11 is 0. The molecule has 3 aliphatic rings. The minimum Gasteiger partial charge on any atom is -0.480 e. The molecule has 0 amide bonds. The minimum atomic E-state index is -1.61. The van der Waals surface area contributed by atoms with Gasteiger partial charge >= 0.3 is 5.97 Å². The van der Waals surface area contributed by atoms with Gasteiger partial charge in [0.1, 0.15) is 29.4 Å². The molecule has 12 atom stereocenters. The van der Waals surface area contributed by atoms with Crippen molar-refractivity contribution >= 4 is 29.5 Å². The number of aliphatic hydroxyl groups excluding tert-OH is 3. The van der Waals surface area contributed by atoms with Gasteiger partial charge in [-0.25, -0.2) is 0 Å². The van der Waals surface area contributed by atoms with Gasteiger partial charge in [-0.15, -0.1) is 0 Å². The zero-order valence-corrected chi connectivity index (χ0v) is 39.2. The summed E-state index contributed by atoms with van der Waals surface area (Å²) < 4.78 is 10.9. The monoisotopic (exact) mass is 885 g/mol. The number of carboxylic acids is 1. The fourth-order valence-electron chi connectivity index (χ4n) is 9.54. The van der Waals surface area contributed by atoms with E-state index in [4.69, 9.17) is 14.6 Å². The van der Waals surface area contributed by atoms with Crippen LogP contribution in [0.25, 0.3) is 0 Å². The van der Waals surface area contributed by atoms with E-state index < -0.39 is 42.0 Å². The first-order valence-electron chi connectivity index (χ1n) is 23.5. The van der Waals surface area contributed by atoms with Gasteiger partial charge in [-0.1, -0.05) is 75.6 Å². The molecule has 356 valence electrons. The molecule has 1 saturated carbocycles. The molecule has 8 unspecified atom stereocenters. The van der Waals surface area contributed by atoms with Crippen LogP contribution >= 0.6 is 0 Å². The third-order valence-electron chi connectivity index (χ3n) is 13.8. The zero-order chi connectivity index (χ0) is 46.7. The van der Waals surface area contributed by atoms with Crippen molar-refractivity contribution < 1.29 is 54.2 Å². The number of ketones is 2. The molecular weight excluding hydrogens is 805 g/mol. The number of aliphatic hydroxyl groups is 4. The number of likely N-dealkylation sites (tertiary alicyclic amines) is 1. The third kappa shape index (κ3) is 18.0. The number of aliphatic imine (C=N–C) groups is 1. The lowest BCUT2D eigenvalue weighted by Crippen LogP contribution is -2.46. The second kappa shape index (κ2) is 27.3. The highest BCUT2D eigenvalue weighted by molar-refractivity contribution is 6.32. The van der Waals surface area contributed by atoms with Gasteiger partial charge in [0.2, 0.25) is 5.79 Å². The fourth-order valence-corrected chi connectivity index (χ4v) is 9.54. The predicted octanol–water partition coefficient (Wildman–Crippen LogP) is 6.61. The van der Waals surface area contributed by atoms with Gasteiger partial charge < -0.3 is 35.0 Å². The molecule has 0 aromatic heterocycles. The Balaban J connectivity index is 1.40. The molecule has 0 bridgehead atoms. The number of carbonyl (C=O) groups is 4. The highest BCUT2D eigenvalue weighted by atomic mass is 16.7. The maximum absolute atomic E-state index is 13.5. The van der Waals surface area contributed by atoms with E-state index in [9.17, 15) is 39.6 Å². The Morgan fingerprint density at radius 1 is 1.00 bits per heavy atom. The summed E-state index contributed by atoms with van der Waals surface area (Å²) in [4.78, 5) is 55.8. The molecule has 0 aromatic rings. The molecule has 5 N–H and O–H groups in total. The Bertz CT molecular complexity index is 1620. The maximum atomic E-state index is 13.5. The number of aldehydes is 1. The third-order valence-corrected chi connectivity index (χ3v) is 13.8. The number of methoxy groups -OCH3 is 1. The molecule has 3 fully saturated rings. The summed E-state index contributed by atoms with van der Waals surface area (Å²) in [7, 11) is 3.49. The van der Waals surface area contributed by atoms with E-state index >= 15 is 0 Å². The van der Waals surface area contributed by atoms with Gasteiger partial charge in [0.25, 0.3) is 0 Å². The summed E-state index contributed by atoms with van der Waals surface area (Å²) in [5, 5.41) is 50.6. The summed E-state index contributed by atoms with van der Waals surface area (Å²) in [5.41, 5.74) is 1.79. The predicted molar refractivity (Wildman–Crippen MR) is 245 cm³/mol. The van der Waals surface area contributed by atoms with Crippen molar-refractivity contribution in [1.82, 2.24) is 4.90 Å². The van der Waals surface area contributed by atoms with Crippen molar-refractivity contribution in [1.29, 1.82) is 0 Å². The lowest BCUT2D eigenvalue weighted by Gasteiger charge is -2.41. The smallest absolute Gasteiger partial charge is 0.320 e. The highest BCUT2D eigenvalue weighted by Gasteiger charge is 2.59. The Labute approximate surface area is 376 Å². The van der Waals surface area contributed by atoms with Crippen LogP contribution < -0.4 is 0 Å². The Morgan fingerprint density at radius 2 is 1.75 bits per heavy atom. The average Bonchev–Trinajstić information content (AvgIpc) is 3.91. The second-order valence-electron chi connectivity index (χ2n) is 18.9. The van der Waals surface area contributed by atoms with Crippen LogP contribution in [0.15, 0.2) is 52.6 Å². The van der Waals surface area contributed by atoms with Crippen molar-refractivity contribution in [2.24, 2.45) is 40.5 Å². The average molecular weight is 885 g/mol. The van der Waals surface area contributed by atoms with E-state index in [1.54, 1.807) is 20.1 Å². The summed E-state index contributed by atoms with van der Waals surface area (Å²) in [6, 6.07) is -0.541. The number of allylic oxidation sites excluding steroid dienone is 7. The molecule has 0 spiro atoms. The number of carbonyl (C=O) groups excluding carboxylic acids is 3. The van der Waals surface area contributed by atoms with Gasteiger partial charge in [0.05, 0.1) is 31.5 Å². The number of likely N-dealkylation sites (N-methyl/N-ethyl adjacent to an activating group) is 1. The molecule has 2 aliphatic heterocycles. The molecule has 2 heterocycles. The van der Waals surface area contributed by atoms with Crippen LogP contribution in [0.5, 0.6) is 0 Å². The number of aliphatic carboxylic acids is 1. The van der Waals surface area contributed by atoms with E-state index in [1.165, 1.54) is 5.57 Å². The van der Waals surface area contributed by atoms with E-state index in [-0.39, 0.29) is 66.6 Å². The zero-order valence-electron chi connectivity index (χ0n) is 39.2. The van der Waals surface area contributed by atoms with E-state index in [2.05, 4.69) is 31.0 Å². The molecule has 0 radical (unpaired) electrons. The van der Waals surface area contributed by atoms with Crippen molar-refractivity contribution in [3.8, 4) is 0 Å². The number of nitrogens with zero attached hydrogens (tertiary/aromatic N) is 2. The number of rotatable bonds is 29. The molecule has 1 aliphatic carbocycles.